The van der Waals surface area contributed by atoms with Gasteiger partial charge in [-0.2, -0.15) is 4.31 Å². The fraction of sp³-hybridized carbons (Fsp3) is 0.750. The van der Waals surface area contributed by atoms with Gasteiger partial charge in [-0.25, -0.2) is 18.2 Å². The lowest BCUT2D eigenvalue weighted by Crippen LogP contribution is -2.55. The highest BCUT2D eigenvalue weighted by atomic mass is 32.2. The molecule has 1 aliphatic heterocycles. The monoisotopic (exact) mass is 570 g/mol. The second kappa shape index (κ2) is 11.0. The topological polar surface area (TPSA) is 85.3 Å². The predicted molar refractivity (Wildman–Crippen MR) is 155 cm³/mol. The zero-order valence-corrected chi connectivity index (χ0v) is 25.0. The number of ether oxygens (including phenoxy) is 2. The van der Waals surface area contributed by atoms with Crippen molar-refractivity contribution in [2.45, 2.75) is 128 Å². The van der Waals surface area contributed by atoms with Gasteiger partial charge in [0.15, 0.2) is 18.5 Å². The summed E-state index contributed by atoms with van der Waals surface area (Å²) in [6.07, 6.45) is 13.6. The highest BCUT2D eigenvalue weighted by molar-refractivity contribution is 7.89. The summed E-state index contributed by atoms with van der Waals surface area (Å²) in [5.41, 5.74) is 0.0478. The van der Waals surface area contributed by atoms with Crippen molar-refractivity contribution in [3.8, 4) is 0 Å². The SMILES string of the molecule is CC1(C)[C@@H]2CC[C@@]1(CS(=O)(=O)N(C1CCCCC1)C1CCCCC1)[C@H](OC(=O)[C@H]1N=CO[C@@H]1c1ccccc1)C2. The number of nitrogens with zero attached hydrogens (tertiary/aromatic N) is 2. The minimum absolute atomic E-state index is 0.0704. The van der Waals surface area contributed by atoms with E-state index in [4.69, 9.17) is 9.47 Å². The molecule has 220 valence electrons. The molecule has 4 fully saturated rings. The molecule has 0 spiro atoms. The van der Waals surface area contributed by atoms with E-state index < -0.39 is 39.7 Å². The number of fused-ring (bicyclic) bond motifs is 2. The summed E-state index contributed by atoms with van der Waals surface area (Å²) >= 11 is 0. The van der Waals surface area contributed by atoms with Gasteiger partial charge in [0.2, 0.25) is 10.0 Å². The van der Waals surface area contributed by atoms with E-state index >= 15 is 0 Å². The molecular formula is C32H46N2O5S. The van der Waals surface area contributed by atoms with Crippen molar-refractivity contribution >= 4 is 22.4 Å². The first-order chi connectivity index (χ1) is 19.2. The molecule has 0 saturated heterocycles. The largest absolute Gasteiger partial charge is 0.473 e. The number of sulfonamides is 1. The van der Waals surface area contributed by atoms with E-state index in [1.165, 1.54) is 19.2 Å². The molecule has 6 rings (SSSR count). The Morgan fingerprint density at radius 2 is 1.60 bits per heavy atom. The average molecular weight is 571 g/mol. The Morgan fingerprint density at radius 3 is 2.20 bits per heavy atom. The van der Waals surface area contributed by atoms with Crippen LogP contribution in [0, 0.1) is 16.7 Å². The zero-order chi connectivity index (χ0) is 28.0. The molecule has 8 heteroatoms. The maximum Gasteiger partial charge on any atom is 0.335 e. The van der Waals surface area contributed by atoms with Crippen molar-refractivity contribution in [3.63, 3.8) is 0 Å². The molecule has 1 heterocycles. The molecule has 0 aromatic heterocycles. The van der Waals surface area contributed by atoms with Crippen LogP contribution in [0.2, 0.25) is 0 Å². The predicted octanol–water partition coefficient (Wildman–Crippen LogP) is 6.19. The first kappa shape index (κ1) is 28.2. The van der Waals surface area contributed by atoms with Crippen LogP contribution in [0.1, 0.15) is 109 Å². The van der Waals surface area contributed by atoms with Gasteiger partial charge in [0.1, 0.15) is 6.10 Å². The molecule has 4 aliphatic carbocycles. The number of carbonyl (C=O) groups excluding carboxylic acids is 1. The molecule has 7 nitrogen and oxygen atoms in total. The molecule has 0 amide bonds. The lowest BCUT2D eigenvalue weighted by Gasteiger charge is -2.46. The van der Waals surface area contributed by atoms with Crippen LogP contribution in [0.4, 0.5) is 0 Å². The van der Waals surface area contributed by atoms with Gasteiger partial charge in [0.25, 0.3) is 0 Å². The normalized spacial score (nSPS) is 34.3. The zero-order valence-electron chi connectivity index (χ0n) is 24.2. The van der Waals surface area contributed by atoms with Gasteiger partial charge in [-0.3, -0.25) is 0 Å². The second-order valence-corrected chi connectivity index (χ2v) is 15.5. The fourth-order valence-corrected chi connectivity index (χ4v) is 11.8. The maximum absolute atomic E-state index is 14.6. The molecule has 1 aromatic rings. The molecule has 0 radical (unpaired) electrons. The highest BCUT2D eigenvalue weighted by Crippen LogP contribution is 2.67. The van der Waals surface area contributed by atoms with Crippen LogP contribution in [0.5, 0.6) is 0 Å². The Balaban J connectivity index is 1.26. The number of carbonyl (C=O) groups is 1. The van der Waals surface area contributed by atoms with E-state index in [1.807, 2.05) is 34.6 Å². The Hall–Kier alpha value is -1.93. The summed E-state index contributed by atoms with van der Waals surface area (Å²) in [5, 5.41) is 0. The molecule has 0 N–H and O–H groups in total. The summed E-state index contributed by atoms with van der Waals surface area (Å²) in [6.45, 7) is 4.42. The van der Waals surface area contributed by atoms with E-state index in [2.05, 4.69) is 18.8 Å². The Kier molecular flexibility index (Phi) is 7.79. The van der Waals surface area contributed by atoms with Gasteiger partial charge in [0, 0.05) is 17.5 Å². The first-order valence-electron chi connectivity index (χ1n) is 15.7. The first-order valence-corrected chi connectivity index (χ1v) is 17.3. The lowest BCUT2D eigenvalue weighted by atomic mass is 9.69. The average Bonchev–Trinajstić information content (AvgIpc) is 3.59. The van der Waals surface area contributed by atoms with E-state index in [-0.39, 0.29) is 23.3 Å². The molecule has 5 aliphatic rings. The van der Waals surface area contributed by atoms with E-state index in [9.17, 15) is 13.2 Å². The fourth-order valence-electron chi connectivity index (χ4n) is 8.95. The lowest BCUT2D eigenvalue weighted by molar-refractivity contribution is -0.160. The van der Waals surface area contributed by atoms with Crippen molar-refractivity contribution < 1.29 is 22.7 Å². The Bertz CT molecular complexity index is 1170. The number of hydrogen-bond acceptors (Lipinski definition) is 6. The van der Waals surface area contributed by atoms with Crippen LogP contribution in [0.25, 0.3) is 0 Å². The second-order valence-electron chi connectivity index (χ2n) is 13.6. The van der Waals surface area contributed by atoms with Crippen LogP contribution in [-0.4, -0.2) is 55.1 Å². The number of rotatable bonds is 8. The standard InChI is InChI=1S/C32H46N2O5S/c1-31(2)24-18-19-32(31,21-40(36,37)34(25-14-8-4-9-15-25)26-16-10-5-11-17-26)27(20-24)39-30(35)28-29(38-22-33-28)23-12-6-3-7-13-23/h3,6-7,12-13,22,24-29H,4-5,8-11,14-21H2,1-2H3/t24-,27-,28+,29-,32-/m1/s1. The summed E-state index contributed by atoms with van der Waals surface area (Å²) in [4.78, 5) is 18.0. The van der Waals surface area contributed by atoms with Crippen LogP contribution >= 0.6 is 0 Å². The van der Waals surface area contributed by atoms with Crippen molar-refractivity contribution in [1.29, 1.82) is 0 Å². The van der Waals surface area contributed by atoms with Crippen molar-refractivity contribution in [2.75, 3.05) is 5.75 Å². The van der Waals surface area contributed by atoms with Gasteiger partial charge in [-0.15, -0.1) is 0 Å². The maximum atomic E-state index is 14.6. The Labute approximate surface area is 240 Å². The van der Waals surface area contributed by atoms with Crippen LogP contribution in [0.3, 0.4) is 0 Å². The minimum Gasteiger partial charge on any atom is -0.473 e. The summed E-state index contributed by atoms with van der Waals surface area (Å²) < 4.78 is 43.3. The van der Waals surface area contributed by atoms with E-state index in [0.29, 0.717) is 12.3 Å². The highest BCUT2D eigenvalue weighted by Gasteiger charge is 2.67. The number of hydrogen-bond donors (Lipinski definition) is 0. The number of esters is 1. The quantitative estimate of drug-likeness (QED) is 0.348. The van der Waals surface area contributed by atoms with Crippen molar-refractivity contribution in [1.82, 2.24) is 4.31 Å². The molecule has 2 bridgehead atoms. The number of aliphatic imine (C=N–C) groups is 1. The summed E-state index contributed by atoms with van der Waals surface area (Å²) in [5.74, 6) is -0.00299. The van der Waals surface area contributed by atoms with E-state index in [0.717, 1.165) is 69.8 Å². The smallest absolute Gasteiger partial charge is 0.335 e. The third-order valence-corrected chi connectivity index (χ3v) is 13.5. The Morgan fingerprint density at radius 1 is 0.975 bits per heavy atom. The van der Waals surface area contributed by atoms with E-state index in [1.54, 1.807) is 0 Å². The molecule has 1 aromatic carbocycles. The van der Waals surface area contributed by atoms with Crippen molar-refractivity contribution in [3.05, 3.63) is 35.9 Å². The van der Waals surface area contributed by atoms with Gasteiger partial charge in [-0.05, 0) is 61.8 Å². The third-order valence-electron chi connectivity index (χ3n) is 11.3. The van der Waals surface area contributed by atoms with Crippen molar-refractivity contribution in [2.24, 2.45) is 21.7 Å². The summed E-state index contributed by atoms with van der Waals surface area (Å²) in [7, 11) is -3.57. The minimum atomic E-state index is -3.57. The van der Waals surface area contributed by atoms with Crippen LogP contribution in [0.15, 0.2) is 35.3 Å². The van der Waals surface area contributed by atoms with Gasteiger partial charge in [0.05, 0.1) is 5.75 Å². The molecular weight excluding hydrogens is 524 g/mol. The summed E-state index contributed by atoms with van der Waals surface area (Å²) in [6, 6.07) is 9.07. The molecule has 5 atom stereocenters. The van der Waals surface area contributed by atoms with Crippen LogP contribution < -0.4 is 0 Å². The van der Waals surface area contributed by atoms with Crippen LogP contribution in [-0.2, 0) is 24.3 Å². The van der Waals surface area contributed by atoms with Gasteiger partial charge < -0.3 is 9.47 Å². The molecule has 4 saturated carbocycles. The number of benzene rings is 1. The van der Waals surface area contributed by atoms with Gasteiger partial charge >= 0.3 is 5.97 Å². The molecule has 40 heavy (non-hydrogen) atoms. The molecule has 0 unspecified atom stereocenters. The van der Waals surface area contributed by atoms with Gasteiger partial charge in [-0.1, -0.05) is 82.7 Å². The third kappa shape index (κ3) is 4.91.